The topological polar surface area (TPSA) is 76.1 Å². The molecule has 0 aliphatic heterocycles. The van der Waals surface area contributed by atoms with Crippen molar-refractivity contribution < 1.29 is 13.9 Å². The molecule has 2 N–H and O–H groups in total. The van der Waals surface area contributed by atoms with Crippen molar-refractivity contribution in [2.45, 2.75) is 39.3 Å². The molecule has 3 rings (SSSR count). The van der Waals surface area contributed by atoms with Crippen molar-refractivity contribution >= 4 is 22.6 Å². The molecule has 1 amide bonds. The van der Waals surface area contributed by atoms with Gasteiger partial charge in [-0.1, -0.05) is 12.1 Å². The first-order valence-corrected chi connectivity index (χ1v) is 10.4. The molecule has 0 radical (unpaired) electrons. The third-order valence-corrected chi connectivity index (χ3v) is 5.55. The monoisotopic (exact) mass is 428 g/mol. The second-order valence-electron chi connectivity index (χ2n) is 7.20. The van der Waals surface area contributed by atoms with E-state index >= 15 is 0 Å². The molecule has 2 aromatic carbocycles. The Kier molecular flexibility index (Phi) is 6.99. The summed E-state index contributed by atoms with van der Waals surface area (Å²) >= 11 is 1.27. The quantitative estimate of drug-likeness (QED) is 0.562. The van der Waals surface area contributed by atoms with Gasteiger partial charge >= 0.3 is 0 Å². The SMILES string of the molecule is COc1ccc(C(=O)NC(C)C(C)Nc2nc(Cc3ccc(F)c(C)c3)ns2)cc1. The van der Waals surface area contributed by atoms with Crippen LogP contribution in [0.25, 0.3) is 0 Å². The van der Waals surface area contributed by atoms with Crippen molar-refractivity contribution in [3.05, 3.63) is 70.8 Å². The van der Waals surface area contributed by atoms with E-state index in [1.165, 1.54) is 17.6 Å². The van der Waals surface area contributed by atoms with Crippen LogP contribution in [0.1, 0.15) is 41.2 Å². The summed E-state index contributed by atoms with van der Waals surface area (Å²) in [4.78, 5) is 17.0. The highest BCUT2D eigenvalue weighted by atomic mass is 32.1. The van der Waals surface area contributed by atoms with E-state index in [2.05, 4.69) is 20.0 Å². The van der Waals surface area contributed by atoms with Gasteiger partial charge in [-0.05, 0) is 62.2 Å². The highest BCUT2D eigenvalue weighted by molar-refractivity contribution is 7.09. The number of anilines is 1. The molecule has 158 valence electrons. The lowest BCUT2D eigenvalue weighted by Gasteiger charge is -2.22. The lowest BCUT2D eigenvalue weighted by molar-refractivity contribution is 0.0937. The van der Waals surface area contributed by atoms with Crippen molar-refractivity contribution in [1.82, 2.24) is 14.7 Å². The van der Waals surface area contributed by atoms with E-state index in [1.54, 1.807) is 44.4 Å². The lowest BCUT2D eigenvalue weighted by atomic mass is 10.1. The number of nitrogens with zero attached hydrogens (tertiary/aromatic N) is 2. The summed E-state index contributed by atoms with van der Waals surface area (Å²) < 4.78 is 22.9. The minimum absolute atomic E-state index is 0.0546. The van der Waals surface area contributed by atoms with Crippen LogP contribution in [-0.4, -0.2) is 34.5 Å². The fourth-order valence-corrected chi connectivity index (χ4v) is 3.54. The molecule has 6 nitrogen and oxygen atoms in total. The van der Waals surface area contributed by atoms with Crippen LogP contribution in [-0.2, 0) is 6.42 Å². The van der Waals surface area contributed by atoms with Gasteiger partial charge < -0.3 is 15.4 Å². The lowest BCUT2D eigenvalue weighted by Crippen LogP contribution is -2.43. The van der Waals surface area contributed by atoms with Crippen LogP contribution in [0.15, 0.2) is 42.5 Å². The molecule has 0 bridgehead atoms. The van der Waals surface area contributed by atoms with E-state index in [0.717, 1.165) is 5.56 Å². The molecule has 0 saturated heterocycles. The summed E-state index contributed by atoms with van der Waals surface area (Å²) in [6.07, 6.45) is 0.539. The van der Waals surface area contributed by atoms with Gasteiger partial charge in [-0.2, -0.15) is 4.37 Å². The maximum atomic E-state index is 13.4. The van der Waals surface area contributed by atoms with E-state index in [0.29, 0.717) is 34.3 Å². The van der Waals surface area contributed by atoms with Gasteiger partial charge in [0.05, 0.1) is 7.11 Å². The highest BCUT2D eigenvalue weighted by Crippen LogP contribution is 2.18. The van der Waals surface area contributed by atoms with Crippen LogP contribution in [0, 0.1) is 12.7 Å². The molecule has 1 heterocycles. The van der Waals surface area contributed by atoms with Gasteiger partial charge in [0.2, 0.25) is 5.13 Å². The maximum absolute atomic E-state index is 13.4. The normalized spacial score (nSPS) is 12.8. The van der Waals surface area contributed by atoms with Crippen LogP contribution in [0.4, 0.5) is 9.52 Å². The molecular formula is C22H25FN4O2S. The molecule has 3 aromatic rings. The molecule has 0 saturated carbocycles. The molecular weight excluding hydrogens is 403 g/mol. The second-order valence-corrected chi connectivity index (χ2v) is 7.95. The van der Waals surface area contributed by atoms with E-state index in [9.17, 15) is 9.18 Å². The van der Waals surface area contributed by atoms with Crippen LogP contribution < -0.4 is 15.4 Å². The zero-order chi connectivity index (χ0) is 21.7. The van der Waals surface area contributed by atoms with E-state index < -0.39 is 0 Å². The first-order valence-electron chi connectivity index (χ1n) is 9.64. The summed E-state index contributed by atoms with van der Waals surface area (Å²) in [5, 5.41) is 6.97. The first-order chi connectivity index (χ1) is 14.4. The number of carbonyl (C=O) groups is 1. The predicted octanol–water partition coefficient (Wildman–Crippen LogP) is 4.20. The van der Waals surface area contributed by atoms with Gasteiger partial charge in [0, 0.05) is 35.6 Å². The van der Waals surface area contributed by atoms with Crippen LogP contribution in [0.3, 0.4) is 0 Å². The minimum Gasteiger partial charge on any atom is -0.497 e. The summed E-state index contributed by atoms with van der Waals surface area (Å²) in [5.74, 6) is 1.02. The van der Waals surface area contributed by atoms with Crippen molar-refractivity contribution in [3.8, 4) is 5.75 Å². The Morgan fingerprint density at radius 3 is 2.57 bits per heavy atom. The Bertz CT molecular complexity index is 1010. The molecule has 30 heavy (non-hydrogen) atoms. The Labute approximate surface area is 179 Å². The average molecular weight is 429 g/mol. The molecule has 0 aliphatic rings. The Balaban J connectivity index is 1.55. The number of halogens is 1. The van der Waals surface area contributed by atoms with Crippen LogP contribution >= 0.6 is 11.5 Å². The zero-order valence-electron chi connectivity index (χ0n) is 17.4. The van der Waals surface area contributed by atoms with Gasteiger partial charge in [0.15, 0.2) is 0 Å². The van der Waals surface area contributed by atoms with Crippen LogP contribution in [0.5, 0.6) is 5.75 Å². The highest BCUT2D eigenvalue weighted by Gasteiger charge is 2.17. The zero-order valence-corrected chi connectivity index (χ0v) is 18.2. The van der Waals surface area contributed by atoms with Crippen molar-refractivity contribution in [2.75, 3.05) is 12.4 Å². The number of hydrogen-bond donors (Lipinski definition) is 2. The van der Waals surface area contributed by atoms with Gasteiger partial charge in [-0.25, -0.2) is 9.37 Å². The molecule has 2 atom stereocenters. The van der Waals surface area contributed by atoms with Crippen LogP contribution in [0.2, 0.25) is 0 Å². The number of aromatic nitrogens is 2. The number of amides is 1. The summed E-state index contributed by atoms with van der Waals surface area (Å²) in [5.41, 5.74) is 2.14. The number of carbonyl (C=O) groups excluding carboxylic acids is 1. The maximum Gasteiger partial charge on any atom is 0.251 e. The summed E-state index contributed by atoms with van der Waals surface area (Å²) in [7, 11) is 1.59. The fraction of sp³-hybridized carbons (Fsp3) is 0.318. The molecule has 8 heteroatoms. The number of nitrogens with one attached hydrogen (secondary N) is 2. The number of ether oxygens (including phenoxy) is 1. The molecule has 0 fully saturated rings. The Hall–Kier alpha value is -3.00. The molecule has 0 spiro atoms. The largest absolute Gasteiger partial charge is 0.497 e. The molecule has 0 aliphatic carbocycles. The first kappa shape index (κ1) is 21.7. The number of aryl methyl sites for hydroxylation is 1. The van der Waals surface area contributed by atoms with Crippen molar-refractivity contribution in [2.24, 2.45) is 0 Å². The molecule has 1 aromatic heterocycles. The van der Waals surface area contributed by atoms with Crippen molar-refractivity contribution in [3.63, 3.8) is 0 Å². The fourth-order valence-electron chi connectivity index (χ4n) is 2.86. The van der Waals surface area contributed by atoms with Gasteiger partial charge in [-0.3, -0.25) is 4.79 Å². The summed E-state index contributed by atoms with van der Waals surface area (Å²) in [6, 6.07) is 11.8. The number of benzene rings is 2. The number of rotatable bonds is 8. The van der Waals surface area contributed by atoms with Crippen molar-refractivity contribution in [1.29, 1.82) is 0 Å². The molecule has 2 unspecified atom stereocenters. The van der Waals surface area contributed by atoms with Gasteiger partial charge in [-0.15, -0.1) is 0 Å². The smallest absolute Gasteiger partial charge is 0.251 e. The van der Waals surface area contributed by atoms with E-state index in [1.807, 2.05) is 19.9 Å². The van der Waals surface area contributed by atoms with E-state index in [-0.39, 0.29) is 23.8 Å². The third-order valence-electron chi connectivity index (χ3n) is 4.86. The van der Waals surface area contributed by atoms with E-state index in [4.69, 9.17) is 4.74 Å². The average Bonchev–Trinajstić information content (AvgIpc) is 3.17. The number of hydrogen-bond acceptors (Lipinski definition) is 6. The van der Waals surface area contributed by atoms with Gasteiger partial charge in [0.25, 0.3) is 5.91 Å². The number of methoxy groups -OCH3 is 1. The minimum atomic E-state index is -0.216. The second kappa shape index (κ2) is 9.67. The summed E-state index contributed by atoms with van der Waals surface area (Å²) in [6.45, 7) is 5.65. The Morgan fingerprint density at radius 1 is 1.17 bits per heavy atom. The standard InChI is InChI=1S/C22H25FN4O2S/c1-13-11-16(5-10-19(13)23)12-20-26-22(30-27-20)25-15(3)14(2)24-21(28)17-6-8-18(29-4)9-7-17/h5-11,14-15H,12H2,1-4H3,(H,24,28)(H,25,26,27). The Morgan fingerprint density at radius 2 is 1.90 bits per heavy atom. The third kappa shape index (κ3) is 5.54. The van der Waals surface area contributed by atoms with Gasteiger partial charge in [0.1, 0.15) is 17.4 Å². The predicted molar refractivity (Wildman–Crippen MR) is 117 cm³/mol.